The molecule has 0 atom stereocenters. The van der Waals surface area contributed by atoms with Crippen LogP contribution in [0.4, 0.5) is 0 Å². The van der Waals surface area contributed by atoms with Crippen LogP contribution in [0.5, 0.6) is 0 Å². The average molecular weight is 268 g/mol. The van der Waals surface area contributed by atoms with Gasteiger partial charge in [-0.2, -0.15) is 0 Å². The molecule has 0 saturated carbocycles. The molecule has 0 N–H and O–H groups in total. The van der Waals surface area contributed by atoms with E-state index in [-0.39, 0.29) is 11.8 Å². The minimum Gasteiger partial charge on any atom is -0.469 e. The summed E-state index contributed by atoms with van der Waals surface area (Å²) in [6.07, 6.45) is 4.64. The summed E-state index contributed by atoms with van der Waals surface area (Å²) in [7, 11) is -0.0294. The van der Waals surface area contributed by atoms with Crippen molar-refractivity contribution in [3.05, 3.63) is 0 Å². The van der Waals surface area contributed by atoms with Gasteiger partial charge in [0.05, 0.1) is 7.11 Å². The fraction of sp³-hybridized carbons (Fsp3) is 0.714. The Morgan fingerprint density at radius 1 is 1.00 bits per heavy atom. The molecule has 102 valence electrons. The van der Waals surface area contributed by atoms with Crippen molar-refractivity contribution in [2.24, 2.45) is 0 Å². The van der Waals surface area contributed by atoms with Crippen LogP contribution in [0.15, 0.2) is 0 Å². The van der Waals surface area contributed by atoms with E-state index >= 15 is 0 Å². The largest absolute Gasteiger partial charge is 0.469 e. The van der Waals surface area contributed by atoms with E-state index in [1.165, 1.54) is 7.11 Å². The molecule has 0 aromatic heterocycles. The third-order valence-electron chi connectivity index (χ3n) is 2.34. The second-order valence-corrected chi connectivity index (χ2v) is 10.2. The molecule has 0 aliphatic heterocycles. The predicted molar refractivity (Wildman–Crippen MR) is 75.8 cm³/mol. The first-order valence-electron chi connectivity index (χ1n) is 6.48. The third-order valence-corrected chi connectivity index (χ3v) is 3.21. The van der Waals surface area contributed by atoms with Crippen molar-refractivity contribution in [3.8, 4) is 11.5 Å². The SMILES string of the molecule is COC(=O)CCCCCCC(=O)C#C[Si](C)(C)C. The number of carbonyl (C=O) groups excluding carboxylic acids is 2. The van der Waals surface area contributed by atoms with Gasteiger partial charge in [-0.25, -0.2) is 0 Å². The van der Waals surface area contributed by atoms with E-state index in [9.17, 15) is 9.59 Å². The highest BCUT2D eigenvalue weighted by Gasteiger charge is 2.08. The standard InChI is InChI=1S/C14H24O3Si/c1-17-14(16)10-8-6-5-7-9-13(15)11-12-18(2,3)4/h5-10H2,1-4H3. The van der Waals surface area contributed by atoms with Gasteiger partial charge < -0.3 is 4.74 Å². The number of carbonyl (C=O) groups is 2. The molecule has 4 heteroatoms. The Kier molecular flexibility index (Phi) is 8.39. The van der Waals surface area contributed by atoms with Gasteiger partial charge in [-0.3, -0.25) is 9.59 Å². The summed E-state index contributed by atoms with van der Waals surface area (Å²) in [5.74, 6) is 2.63. The third kappa shape index (κ3) is 11.4. The average Bonchev–Trinajstić information content (AvgIpc) is 2.29. The highest BCUT2D eigenvalue weighted by atomic mass is 28.3. The number of rotatable bonds is 7. The quantitative estimate of drug-likeness (QED) is 0.308. The molecule has 0 unspecified atom stereocenters. The zero-order valence-corrected chi connectivity index (χ0v) is 13.0. The van der Waals surface area contributed by atoms with Gasteiger partial charge in [0.25, 0.3) is 0 Å². The lowest BCUT2D eigenvalue weighted by atomic mass is 10.1. The molecular weight excluding hydrogens is 244 g/mol. The van der Waals surface area contributed by atoms with Gasteiger partial charge in [0.1, 0.15) is 8.07 Å². The topological polar surface area (TPSA) is 43.4 Å². The Morgan fingerprint density at radius 2 is 1.56 bits per heavy atom. The van der Waals surface area contributed by atoms with E-state index in [4.69, 9.17) is 0 Å². The maximum absolute atomic E-state index is 11.5. The lowest BCUT2D eigenvalue weighted by Gasteiger charge is -2.03. The van der Waals surface area contributed by atoms with Crippen LogP contribution < -0.4 is 0 Å². The van der Waals surface area contributed by atoms with Gasteiger partial charge in [-0.1, -0.05) is 32.5 Å². The van der Waals surface area contributed by atoms with Crippen molar-refractivity contribution in [2.75, 3.05) is 7.11 Å². The summed E-state index contributed by atoms with van der Waals surface area (Å²) in [5, 5.41) is 0. The number of ether oxygens (including phenoxy) is 1. The lowest BCUT2D eigenvalue weighted by molar-refractivity contribution is -0.140. The van der Waals surface area contributed by atoms with Crippen LogP contribution in [0.1, 0.15) is 38.5 Å². The highest BCUT2D eigenvalue weighted by Crippen LogP contribution is 2.06. The summed E-state index contributed by atoms with van der Waals surface area (Å²) in [6.45, 7) is 6.38. The second kappa shape index (κ2) is 8.93. The summed E-state index contributed by atoms with van der Waals surface area (Å²) < 4.78 is 4.55. The van der Waals surface area contributed by atoms with Gasteiger partial charge in [-0.15, -0.1) is 5.54 Å². The molecule has 0 fully saturated rings. The summed E-state index contributed by atoms with van der Waals surface area (Å²) in [6, 6.07) is 0. The molecule has 0 amide bonds. The Balaban J connectivity index is 3.58. The van der Waals surface area contributed by atoms with Gasteiger partial charge in [0.2, 0.25) is 5.78 Å². The van der Waals surface area contributed by atoms with E-state index in [1.807, 2.05) is 0 Å². The van der Waals surface area contributed by atoms with Crippen LogP contribution in [0, 0.1) is 11.5 Å². The fourth-order valence-electron chi connectivity index (χ4n) is 1.33. The Bertz CT molecular complexity index is 331. The van der Waals surface area contributed by atoms with Gasteiger partial charge in [0, 0.05) is 12.8 Å². The van der Waals surface area contributed by atoms with Gasteiger partial charge >= 0.3 is 5.97 Å². The first-order chi connectivity index (χ1) is 8.35. The molecule has 0 spiro atoms. The number of unbranched alkanes of at least 4 members (excludes halogenated alkanes) is 3. The van der Waals surface area contributed by atoms with Gasteiger partial charge in [-0.05, 0) is 18.8 Å². The number of ketones is 1. The summed E-state index contributed by atoms with van der Waals surface area (Å²) >= 11 is 0. The minimum atomic E-state index is -1.43. The molecule has 0 rings (SSSR count). The minimum absolute atomic E-state index is 0.0467. The monoisotopic (exact) mass is 268 g/mol. The predicted octanol–water partition coefficient (Wildman–Crippen LogP) is 2.95. The fourth-order valence-corrected chi connectivity index (χ4v) is 1.84. The number of hydrogen-bond acceptors (Lipinski definition) is 3. The van der Waals surface area contributed by atoms with E-state index in [2.05, 4.69) is 35.8 Å². The van der Waals surface area contributed by atoms with Crippen molar-refractivity contribution in [3.63, 3.8) is 0 Å². The molecule has 0 aromatic carbocycles. The Hall–Kier alpha value is -1.08. The molecule has 0 radical (unpaired) electrons. The zero-order valence-electron chi connectivity index (χ0n) is 12.0. The highest BCUT2D eigenvalue weighted by molar-refractivity contribution is 6.84. The van der Waals surface area contributed by atoms with E-state index in [0.717, 1.165) is 25.7 Å². The number of Topliss-reactive ketones (excluding diaryl/α,β-unsaturated/α-hetero) is 1. The van der Waals surface area contributed by atoms with Crippen LogP contribution in [-0.4, -0.2) is 26.9 Å². The summed E-state index contributed by atoms with van der Waals surface area (Å²) in [4.78, 5) is 22.3. The maximum Gasteiger partial charge on any atom is 0.305 e. The van der Waals surface area contributed by atoms with Crippen molar-refractivity contribution in [1.82, 2.24) is 0 Å². The first-order valence-corrected chi connectivity index (χ1v) is 9.98. The summed E-state index contributed by atoms with van der Waals surface area (Å²) in [5.41, 5.74) is 3.07. The normalized spacial score (nSPS) is 10.4. The zero-order chi connectivity index (χ0) is 14.0. The van der Waals surface area contributed by atoms with Crippen molar-refractivity contribution >= 4 is 19.8 Å². The molecule has 3 nitrogen and oxygen atoms in total. The Morgan fingerprint density at radius 3 is 2.06 bits per heavy atom. The van der Waals surface area contributed by atoms with Gasteiger partial charge in [0.15, 0.2) is 0 Å². The van der Waals surface area contributed by atoms with Crippen LogP contribution in [0.2, 0.25) is 19.6 Å². The molecule has 0 aromatic rings. The van der Waals surface area contributed by atoms with Crippen molar-refractivity contribution < 1.29 is 14.3 Å². The van der Waals surface area contributed by atoms with E-state index < -0.39 is 8.07 Å². The molecule has 0 aliphatic carbocycles. The number of hydrogen-bond donors (Lipinski definition) is 0. The molecule has 0 saturated heterocycles. The van der Waals surface area contributed by atoms with Crippen LogP contribution >= 0.6 is 0 Å². The lowest BCUT2D eigenvalue weighted by Crippen LogP contribution is -2.17. The molecule has 0 aliphatic rings. The van der Waals surface area contributed by atoms with Crippen molar-refractivity contribution in [2.45, 2.75) is 58.2 Å². The first kappa shape index (κ1) is 16.9. The van der Waals surface area contributed by atoms with Crippen LogP contribution in [0.3, 0.4) is 0 Å². The molecule has 0 heterocycles. The Labute approximate surface area is 111 Å². The smallest absolute Gasteiger partial charge is 0.305 e. The van der Waals surface area contributed by atoms with E-state index in [0.29, 0.717) is 12.8 Å². The van der Waals surface area contributed by atoms with Crippen LogP contribution in [0.25, 0.3) is 0 Å². The molecule has 0 bridgehead atoms. The number of esters is 1. The van der Waals surface area contributed by atoms with E-state index in [1.54, 1.807) is 0 Å². The second-order valence-electron chi connectivity index (χ2n) is 5.41. The number of methoxy groups -OCH3 is 1. The molecular formula is C14H24O3Si. The van der Waals surface area contributed by atoms with Crippen molar-refractivity contribution in [1.29, 1.82) is 0 Å². The molecule has 18 heavy (non-hydrogen) atoms. The van der Waals surface area contributed by atoms with Crippen LogP contribution in [-0.2, 0) is 14.3 Å². The maximum atomic E-state index is 11.5.